The van der Waals surface area contributed by atoms with E-state index in [0.29, 0.717) is 0 Å². The molecule has 12 heavy (non-hydrogen) atoms. The Balaban J connectivity index is 2.24. The highest BCUT2D eigenvalue weighted by Crippen LogP contribution is 2.22. The largest absolute Gasteiger partial charge is 0.393 e. The number of aliphatic hydroxyl groups excluding tert-OH is 1. The SMILES string of the molecule is Cc1nnc(SCCC(C)O)s1. The molecule has 1 aromatic heterocycles. The molecule has 0 aromatic carbocycles. The van der Waals surface area contributed by atoms with Gasteiger partial charge in [-0.1, -0.05) is 23.1 Å². The summed E-state index contributed by atoms with van der Waals surface area (Å²) in [6.45, 7) is 3.74. The van der Waals surface area contributed by atoms with E-state index in [0.717, 1.165) is 21.5 Å². The molecule has 5 heteroatoms. The van der Waals surface area contributed by atoms with Crippen LogP contribution in [0.1, 0.15) is 18.4 Å². The van der Waals surface area contributed by atoms with E-state index in [9.17, 15) is 0 Å². The van der Waals surface area contributed by atoms with Crippen molar-refractivity contribution in [3.8, 4) is 0 Å². The molecule has 1 atom stereocenters. The van der Waals surface area contributed by atoms with E-state index < -0.39 is 0 Å². The molecule has 0 amide bonds. The van der Waals surface area contributed by atoms with Crippen LogP contribution in [0.25, 0.3) is 0 Å². The smallest absolute Gasteiger partial charge is 0.174 e. The van der Waals surface area contributed by atoms with E-state index in [4.69, 9.17) is 5.11 Å². The standard InChI is InChI=1S/C7H12N2OS2/c1-5(10)3-4-11-7-9-8-6(2)12-7/h5,10H,3-4H2,1-2H3. The number of hydrogen-bond acceptors (Lipinski definition) is 5. The van der Waals surface area contributed by atoms with Gasteiger partial charge in [0.05, 0.1) is 6.10 Å². The van der Waals surface area contributed by atoms with Gasteiger partial charge in [-0.05, 0) is 20.3 Å². The van der Waals surface area contributed by atoms with Crippen molar-refractivity contribution in [1.29, 1.82) is 0 Å². The zero-order valence-corrected chi connectivity index (χ0v) is 8.78. The van der Waals surface area contributed by atoms with Crippen molar-refractivity contribution in [2.45, 2.75) is 30.7 Å². The molecule has 1 aromatic rings. The van der Waals surface area contributed by atoms with Gasteiger partial charge in [-0.15, -0.1) is 10.2 Å². The first-order valence-corrected chi connectivity index (χ1v) is 5.59. The Labute approximate surface area is 80.2 Å². The first-order chi connectivity index (χ1) is 5.68. The number of aliphatic hydroxyl groups is 1. The van der Waals surface area contributed by atoms with Gasteiger partial charge >= 0.3 is 0 Å². The topological polar surface area (TPSA) is 46.0 Å². The van der Waals surface area contributed by atoms with E-state index >= 15 is 0 Å². The summed E-state index contributed by atoms with van der Waals surface area (Å²) in [5, 5.41) is 17.8. The second-order valence-corrected chi connectivity index (χ2v) is 5.10. The lowest BCUT2D eigenvalue weighted by Crippen LogP contribution is -1.99. The van der Waals surface area contributed by atoms with Crippen molar-refractivity contribution < 1.29 is 5.11 Å². The van der Waals surface area contributed by atoms with Gasteiger partial charge in [0.1, 0.15) is 5.01 Å². The van der Waals surface area contributed by atoms with Gasteiger partial charge in [0.2, 0.25) is 0 Å². The fraction of sp³-hybridized carbons (Fsp3) is 0.714. The summed E-state index contributed by atoms with van der Waals surface area (Å²) in [5.41, 5.74) is 0. The summed E-state index contributed by atoms with van der Waals surface area (Å²) < 4.78 is 0.994. The fourth-order valence-corrected chi connectivity index (χ4v) is 2.65. The maximum Gasteiger partial charge on any atom is 0.174 e. The molecule has 0 aliphatic rings. The van der Waals surface area contributed by atoms with Gasteiger partial charge in [-0.3, -0.25) is 0 Å². The number of thioether (sulfide) groups is 1. The van der Waals surface area contributed by atoms with Crippen molar-refractivity contribution in [1.82, 2.24) is 10.2 Å². The molecule has 1 rings (SSSR count). The minimum absolute atomic E-state index is 0.216. The van der Waals surface area contributed by atoms with Crippen LogP contribution in [0.15, 0.2) is 4.34 Å². The van der Waals surface area contributed by atoms with Crippen LogP contribution in [0.5, 0.6) is 0 Å². The van der Waals surface area contributed by atoms with E-state index in [1.807, 2.05) is 6.92 Å². The molecule has 0 aliphatic carbocycles. The Morgan fingerprint density at radius 3 is 2.83 bits per heavy atom. The third-order valence-corrected chi connectivity index (χ3v) is 3.27. The number of aryl methyl sites for hydroxylation is 1. The average molecular weight is 204 g/mol. The van der Waals surface area contributed by atoms with Crippen molar-refractivity contribution in [3.05, 3.63) is 5.01 Å². The third kappa shape index (κ3) is 3.51. The Morgan fingerprint density at radius 1 is 1.58 bits per heavy atom. The van der Waals surface area contributed by atoms with E-state index in [1.165, 1.54) is 0 Å². The molecule has 3 nitrogen and oxygen atoms in total. The first kappa shape index (κ1) is 9.95. The van der Waals surface area contributed by atoms with Gasteiger partial charge in [-0.2, -0.15) is 0 Å². The van der Waals surface area contributed by atoms with E-state index in [1.54, 1.807) is 30.0 Å². The van der Waals surface area contributed by atoms with Crippen molar-refractivity contribution in [2.24, 2.45) is 0 Å². The molecule has 1 N–H and O–H groups in total. The highest BCUT2D eigenvalue weighted by atomic mass is 32.2. The van der Waals surface area contributed by atoms with Crippen LogP contribution in [0.4, 0.5) is 0 Å². The lowest BCUT2D eigenvalue weighted by Gasteiger charge is -1.99. The first-order valence-electron chi connectivity index (χ1n) is 3.79. The Kier molecular flexibility index (Phi) is 3.97. The maximum atomic E-state index is 8.99. The molecule has 1 heterocycles. The van der Waals surface area contributed by atoms with Crippen LogP contribution in [-0.4, -0.2) is 27.2 Å². The molecule has 0 radical (unpaired) electrons. The van der Waals surface area contributed by atoms with E-state index in [2.05, 4.69) is 10.2 Å². The summed E-state index contributed by atoms with van der Waals surface area (Å²) in [6, 6.07) is 0. The number of hydrogen-bond donors (Lipinski definition) is 1. The average Bonchev–Trinajstić information content (AvgIpc) is 2.35. The van der Waals surface area contributed by atoms with Crippen LogP contribution >= 0.6 is 23.1 Å². The van der Waals surface area contributed by atoms with E-state index in [-0.39, 0.29) is 6.10 Å². The van der Waals surface area contributed by atoms with Crippen LogP contribution < -0.4 is 0 Å². The zero-order chi connectivity index (χ0) is 8.97. The predicted molar refractivity (Wildman–Crippen MR) is 51.7 cm³/mol. The summed E-state index contributed by atoms with van der Waals surface area (Å²) >= 11 is 3.25. The molecule has 0 saturated carbocycles. The molecule has 1 unspecified atom stereocenters. The molecule has 0 bridgehead atoms. The molecule has 68 valence electrons. The van der Waals surface area contributed by atoms with Crippen molar-refractivity contribution in [3.63, 3.8) is 0 Å². The van der Waals surface area contributed by atoms with Crippen LogP contribution in [0.2, 0.25) is 0 Å². The maximum absolute atomic E-state index is 8.99. The molecule has 0 spiro atoms. The third-order valence-electron chi connectivity index (χ3n) is 1.27. The second kappa shape index (κ2) is 4.79. The predicted octanol–water partition coefficient (Wildman–Crippen LogP) is 1.71. The zero-order valence-electron chi connectivity index (χ0n) is 7.15. The Bertz CT molecular complexity index is 237. The highest BCUT2D eigenvalue weighted by molar-refractivity contribution is 8.01. The van der Waals surface area contributed by atoms with Crippen LogP contribution in [-0.2, 0) is 0 Å². The second-order valence-electron chi connectivity index (χ2n) is 2.57. The summed E-state index contributed by atoms with van der Waals surface area (Å²) in [5.74, 6) is 0.909. The molecule has 0 saturated heterocycles. The molecule has 0 aliphatic heterocycles. The fourth-order valence-electron chi connectivity index (χ4n) is 0.654. The Morgan fingerprint density at radius 2 is 2.33 bits per heavy atom. The summed E-state index contributed by atoms with van der Waals surface area (Å²) in [6.07, 6.45) is 0.593. The van der Waals surface area contributed by atoms with Crippen LogP contribution in [0.3, 0.4) is 0 Å². The lowest BCUT2D eigenvalue weighted by molar-refractivity contribution is 0.192. The van der Waals surface area contributed by atoms with Gasteiger partial charge in [0.25, 0.3) is 0 Å². The number of rotatable bonds is 4. The number of aromatic nitrogens is 2. The van der Waals surface area contributed by atoms with Crippen LogP contribution in [0, 0.1) is 6.92 Å². The van der Waals surface area contributed by atoms with Crippen molar-refractivity contribution >= 4 is 23.1 Å². The summed E-state index contributed by atoms with van der Waals surface area (Å²) in [4.78, 5) is 0. The normalized spacial score (nSPS) is 13.2. The quantitative estimate of drug-likeness (QED) is 0.758. The van der Waals surface area contributed by atoms with Crippen molar-refractivity contribution in [2.75, 3.05) is 5.75 Å². The Hall–Kier alpha value is -0.130. The monoisotopic (exact) mass is 204 g/mol. The minimum atomic E-state index is -0.216. The minimum Gasteiger partial charge on any atom is -0.393 e. The number of nitrogens with zero attached hydrogens (tertiary/aromatic N) is 2. The van der Waals surface area contributed by atoms with Gasteiger partial charge in [-0.25, -0.2) is 0 Å². The van der Waals surface area contributed by atoms with Gasteiger partial charge < -0.3 is 5.11 Å². The summed E-state index contributed by atoms with van der Waals surface area (Å²) in [7, 11) is 0. The highest BCUT2D eigenvalue weighted by Gasteiger charge is 2.01. The molecular weight excluding hydrogens is 192 g/mol. The molecular formula is C7H12N2OS2. The lowest BCUT2D eigenvalue weighted by atomic mass is 10.3. The van der Waals surface area contributed by atoms with Gasteiger partial charge in [0, 0.05) is 5.75 Å². The molecule has 0 fully saturated rings. The van der Waals surface area contributed by atoms with Gasteiger partial charge in [0.15, 0.2) is 4.34 Å².